The van der Waals surface area contributed by atoms with Crippen LogP contribution >= 0.6 is 11.3 Å². The second-order valence-corrected chi connectivity index (χ2v) is 5.34. The Hall–Kier alpha value is -1.47. The van der Waals surface area contributed by atoms with Gasteiger partial charge in [0, 0.05) is 18.0 Å². The van der Waals surface area contributed by atoms with Crippen LogP contribution in [0.1, 0.15) is 24.3 Å². The maximum atomic E-state index is 12.3. The summed E-state index contributed by atoms with van der Waals surface area (Å²) in [6.45, 7) is 4.85. The molecule has 0 saturated carbocycles. The second kappa shape index (κ2) is 6.12. The lowest BCUT2D eigenvalue weighted by molar-refractivity contribution is -0.131. The van der Waals surface area contributed by atoms with Gasteiger partial charge in [-0.15, -0.1) is 11.3 Å². The zero-order valence-electron chi connectivity index (χ0n) is 11.0. The number of morpholine rings is 1. The fourth-order valence-electron chi connectivity index (χ4n) is 1.91. The molecule has 1 fully saturated rings. The topological polar surface area (TPSA) is 71.5 Å². The highest BCUT2D eigenvalue weighted by atomic mass is 32.1. The number of thiazole rings is 1. The normalized spacial score (nSPS) is 19.5. The number of hydrogen-bond acceptors (Lipinski definition) is 5. The SMILES string of the molecule is CC(C)NC(=O)C1COCCN1C(=O)c1cscn1. The summed E-state index contributed by atoms with van der Waals surface area (Å²) in [6.07, 6.45) is 0. The van der Waals surface area contributed by atoms with Crippen LogP contribution in [0.3, 0.4) is 0 Å². The molecule has 1 N–H and O–H groups in total. The van der Waals surface area contributed by atoms with Crippen LogP contribution in [0.25, 0.3) is 0 Å². The van der Waals surface area contributed by atoms with Crippen LogP contribution in [0.15, 0.2) is 10.9 Å². The number of nitrogens with zero attached hydrogens (tertiary/aromatic N) is 2. The predicted molar refractivity (Wildman–Crippen MR) is 71.0 cm³/mol. The third-order valence-electron chi connectivity index (χ3n) is 2.77. The Bertz CT molecular complexity index is 447. The van der Waals surface area contributed by atoms with E-state index in [2.05, 4.69) is 10.3 Å². The summed E-state index contributed by atoms with van der Waals surface area (Å²) < 4.78 is 5.31. The fraction of sp³-hybridized carbons (Fsp3) is 0.583. The van der Waals surface area contributed by atoms with Gasteiger partial charge in [-0.2, -0.15) is 0 Å². The van der Waals surface area contributed by atoms with E-state index in [4.69, 9.17) is 4.74 Å². The lowest BCUT2D eigenvalue weighted by Gasteiger charge is -2.34. The van der Waals surface area contributed by atoms with E-state index in [-0.39, 0.29) is 24.5 Å². The average Bonchev–Trinajstić information content (AvgIpc) is 2.91. The first-order chi connectivity index (χ1) is 9.09. The van der Waals surface area contributed by atoms with Crippen molar-refractivity contribution in [2.75, 3.05) is 19.8 Å². The van der Waals surface area contributed by atoms with Gasteiger partial charge in [0.05, 0.1) is 18.7 Å². The van der Waals surface area contributed by atoms with E-state index >= 15 is 0 Å². The summed E-state index contributed by atoms with van der Waals surface area (Å²) in [7, 11) is 0. The molecule has 2 heterocycles. The molecule has 0 aromatic carbocycles. The molecule has 0 radical (unpaired) electrons. The van der Waals surface area contributed by atoms with E-state index in [1.165, 1.54) is 16.2 Å². The summed E-state index contributed by atoms with van der Waals surface area (Å²) in [4.78, 5) is 29.9. The van der Waals surface area contributed by atoms with Gasteiger partial charge in [0.1, 0.15) is 11.7 Å². The third-order valence-corrected chi connectivity index (χ3v) is 3.36. The lowest BCUT2D eigenvalue weighted by Crippen LogP contribution is -2.56. The standard InChI is InChI=1S/C12H17N3O3S/c1-8(2)14-11(16)10-5-18-4-3-15(10)12(17)9-6-19-7-13-9/h6-8,10H,3-5H2,1-2H3,(H,14,16). The Balaban J connectivity index is 2.12. The molecule has 104 valence electrons. The summed E-state index contributed by atoms with van der Waals surface area (Å²) in [5.41, 5.74) is 1.99. The van der Waals surface area contributed by atoms with Gasteiger partial charge in [-0.05, 0) is 13.8 Å². The van der Waals surface area contributed by atoms with Gasteiger partial charge in [-0.3, -0.25) is 9.59 Å². The number of ether oxygens (including phenoxy) is 1. The molecule has 1 unspecified atom stereocenters. The highest BCUT2D eigenvalue weighted by molar-refractivity contribution is 7.07. The van der Waals surface area contributed by atoms with E-state index in [1.807, 2.05) is 13.8 Å². The van der Waals surface area contributed by atoms with Crippen LogP contribution in [-0.2, 0) is 9.53 Å². The maximum absolute atomic E-state index is 12.3. The molecule has 1 aliphatic heterocycles. The number of hydrogen-bond donors (Lipinski definition) is 1. The van der Waals surface area contributed by atoms with Crippen molar-refractivity contribution in [1.29, 1.82) is 0 Å². The minimum absolute atomic E-state index is 0.0330. The Kier molecular flexibility index (Phi) is 4.49. The molecule has 2 amide bonds. The highest BCUT2D eigenvalue weighted by Crippen LogP contribution is 2.13. The largest absolute Gasteiger partial charge is 0.377 e. The number of carbonyl (C=O) groups is 2. The third kappa shape index (κ3) is 3.30. The quantitative estimate of drug-likeness (QED) is 0.877. The van der Waals surface area contributed by atoms with E-state index in [1.54, 1.807) is 10.9 Å². The van der Waals surface area contributed by atoms with Gasteiger partial charge in [0.25, 0.3) is 5.91 Å². The molecular formula is C12H17N3O3S. The molecule has 6 nitrogen and oxygen atoms in total. The molecule has 2 rings (SSSR count). The van der Waals surface area contributed by atoms with Gasteiger partial charge >= 0.3 is 0 Å². The Labute approximate surface area is 115 Å². The molecule has 0 aliphatic carbocycles. The van der Waals surface area contributed by atoms with E-state index in [0.717, 1.165) is 0 Å². The number of carbonyl (C=O) groups excluding carboxylic acids is 2. The number of rotatable bonds is 3. The summed E-state index contributed by atoms with van der Waals surface area (Å²) >= 11 is 1.36. The maximum Gasteiger partial charge on any atom is 0.274 e. The van der Waals surface area contributed by atoms with Crippen molar-refractivity contribution < 1.29 is 14.3 Å². The van der Waals surface area contributed by atoms with Crippen molar-refractivity contribution in [3.8, 4) is 0 Å². The van der Waals surface area contributed by atoms with Crippen molar-refractivity contribution in [1.82, 2.24) is 15.2 Å². The van der Waals surface area contributed by atoms with Crippen LogP contribution in [0.5, 0.6) is 0 Å². The molecule has 0 bridgehead atoms. The van der Waals surface area contributed by atoms with Gasteiger partial charge in [0.15, 0.2) is 0 Å². The van der Waals surface area contributed by atoms with Crippen molar-refractivity contribution in [2.45, 2.75) is 25.9 Å². The van der Waals surface area contributed by atoms with E-state index in [0.29, 0.717) is 18.8 Å². The van der Waals surface area contributed by atoms with Crippen molar-refractivity contribution in [3.63, 3.8) is 0 Å². The van der Waals surface area contributed by atoms with Crippen molar-refractivity contribution >= 4 is 23.2 Å². The monoisotopic (exact) mass is 283 g/mol. The molecule has 1 saturated heterocycles. The van der Waals surface area contributed by atoms with Gasteiger partial charge < -0.3 is 15.0 Å². The number of amides is 2. The van der Waals surface area contributed by atoms with Crippen LogP contribution in [0.2, 0.25) is 0 Å². The second-order valence-electron chi connectivity index (χ2n) is 4.63. The van der Waals surface area contributed by atoms with Crippen molar-refractivity contribution in [2.24, 2.45) is 0 Å². The highest BCUT2D eigenvalue weighted by Gasteiger charge is 2.34. The van der Waals surface area contributed by atoms with Crippen LogP contribution in [-0.4, -0.2) is 53.5 Å². The molecule has 0 spiro atoms. The first kappa shape index (κ1) is 14.0. The summed E-state index contributed by atoms with van der Waals surface area (Å²) in [5, 5.41) is 4.50. The molecule has 7 heteroatoms. The van der Waals surface area contributed by atoms with Crippen molar-refractivity contribution in [3.05, 3.63) is 16.6 Å². The van der Waals surface area contributed by atoms with Gasteiger partial charge in [-0.1, -0.05) is 0 Å². The molecule has 19 heavy (non-hydrogen) atoms. The zero-order chi connectivity index (χ0) is 13.8. The Morgan fingerprint density at radius 2 is 2.37 bits per heavy atom. The first-order valence-corrected chi connectivity index (χ1v) is 7.11. The summed E-state index contributed by atoms with van der Waals surface area (Å²) in [5.74, 6) is -0.397. The van der Waals surface area contributed by atoms with E-state index < -0.39 is 6.04 Å². The predicted octanol–water partition coefficient (Wildman–Crippen LogP) is 0.509. The molecular weight excluding hydrogens is 266 g/mol. The number of nitrogens with one attached hydrogen (secondary N) is 1. The minimum atomic E-state index is -0.578. The smallest absolute Gasteiger partial charge is 0.274 e. The number of aromatic nitrogens is 1. The summed E-state index contributed by atoms with van der Waals surface area (Å²) in [6, 6.07) is -0.545. The zero-order valence-corrected chi connectivity index (χ0v) is 11.8. The van der Waals surface area contributed by atoms with E-state index in [9.17, 15) is 9.59 Å². The average molecular weight is 283 g/mol. The van der Waals surface area contributed by atoms with Gasteiger partial charge in [-0.25, -0.2) is 4.98 Å². The lowest BCUT2D eigenvalue weighted by atomic mass is 10.2. The Morgan fingerprint density at radius 1 is 1.58 bits per heavy atom. The van der Waals surface area contributed by atoms with Crippen LogP contribution < -0.4 is 5.32 Å². The molecule has 1 aromatic heterocycles. The first-order valence-electron chi connectivity index (χ1n) is 6.17. The Morgan fingerprint density at radius 3 is 3.00 bits per heavy atom. The van der Waals surface area contributed by atoms with Crippen LogP contribution in [0, 0.1) is 0 Å². The van der Waals surface area contributed by atoms with Crippen LogP contribution in [0.4, 0.5) is 0 Å². The fourth-order valence-corrected chi connectivity index (χ4v) is 2.44. The minimum Gasteiger partial charge on any atom is -0.377 e. The van der Waals surface area contributed by atoms with Gasteiger partial charge in [0.2, 0.25) is 5.91 Å². The molecule has 1 aromatic rings. The molecule has 1 atom stereocenters. The molecule has 1 aliphatic rings.